The third-order valence-corrected chi connectivity index (χ3v) is 4.58. The predicted octanol–water partition coefficient (Wildman–Crippen LogP) is 2.08. The van der Waals surface area contributed by atoms with Crippen molar-refractivity contribution < 1.29 is 14.0 Å². The van der Waals surface area contributed by atoms with Crippen LogP contribution in [-0.4, -0.2) is 29.3 Å². The van der Waals surface area contributed by atoms with E-state index in [0.29, 0.717) is 25.3 Å². The van der Waals surface area contributed by atoms with Gasteiger partial charge >= 0.3 is 0 Å². The second-order valence-electron chi connectivity index (χ2n) is 6.05. The number of likely N-dealkylation sites (tertiary alicyclic amines) is 1. The molecule has 21 heavy (non-hydrogen) atoms. The van der Waals surface area contributed by atoms with Gasteiger partial charge < -0.3 is 14.6 Å². The van der Waals surface area contributed by atoms with Gasteiger partial charge in [0.2, 0.25) is 11.8 Å². The third kappa shape index (κ3) is 3.28. The van der Waals surface area contributed by atoms with Gasteiger partial charge in [-0.15, -0.1) is 0 Å². The lowest BCUT2D eigenvalue weighted by molar-refractivity contribution is -0.136. The number of hydrogen-bond acceptors (Lipinski definition) is 3. The van der Waals surface area contributed by atoms with E-state index in [1.807, 2.05) is 6.07 Å². The minimum absolute atomic E-state index is 0.0145. The van der Waals surface area contributed by atoms with Gasteiger partial charge in [-0.05, 0) is 37.3 Å². The number of carbonyl (C=O) groups excluding carboxylic acids is 2. The van der Waals surface area contributed by atoms with Crippen molar-refractivity contribution >= 4 is 11.8 Å². The summed E-state index contributed by atoms with van der Waals surface area (Å²) >= 11 is 0. The third-order valence-electron chi connectivity index (χ3n) is 4.58. The maximum absolute atomic E-state index is 12.4. The molecule has 1 saturated carbocycles. The van der Waals surface area contributed by atoms with E-state index in [1.165, 1.54) is 25.7 Å². The monoisotopic (exact) mass is 290 g/mol. The highest BCUT2D eigenvalue weighted by Gasteiger charge is 2.36. The molecule has 2 amide bonds. The highest BCUT2D eigenvalue weighted by molar-refractivity contribution is 5.90. The van der Waals surface area contributed by atoms with Crippen LogP contribution in [0.3, 0.4) is 0 Å². The molecule has 114 valence electrons. The zero-order valence-corrected chi connectivity index (χ0v) is 12.2. The Labute approximate surface area is 124 Å². The van der Waals surface area contributed by atoms with Crippen molar-refractivity contribution in [3.8, 4) is 0 Å². The van der Waals surface area contributed by atoms with Gasteiger partial charge in [-0.2, -0.15) is 0 Å². The SMILES string of the molecule is O=C(NCC1CCCC1)[C@@H]1CCC(=O)N1Cc1ccco1. The van der Waals surface area contributed by atoms with Crippen LogP contribution in [0.1, 0.15) is 44.3 Å². The molecule has 1 saturated heterocycles. The van der Waals surface area contributed by atoms with Crippen LogP contribution < -0.4 is 5.32 Å². The fourth-order valence-electron chi connectivity index (χ4n) is 3.35. The number of rotatable bonds is 5. The first kappa shape index (κ1) is 14.2. The van der Waals surface area contributed by atoms with E-state index >= 15 is 0 Å². The van der Waals surface area contributed by atoms with Crippen LogP contribution in [0.4, 0.5) is 0 Å². The van der Waals surface area contributed by atoms with E-state index in [-0.39, 0.29) is 17.9 Å². The molecule has 0 unspecified atom stereocenters. The van der Waals surface area contributed by atoms with Crippen LogP contribution in [0.15, 0.2) is 22.8 Å². The van der Waals surface area contributed by atoms with Crippen LogP contribution in [0.25, 0.3) is 0 Å². The molecule has 1 N–H and O–H groups in total. The van der Waals surface area contributed by atoms with Gasteiger partial charge in [0.05, 0.1) is 12.8 Å². The summed E-state index contributed by atoms with van der Waals surface area (Å²) in [6.45, 7) is 1.13. The Kier molecular flexibility index (Phi) is 4.27. The van der Waals surface area contributed by atoms with Gasteiger partial charge in [0.15, 0.2) is 0 Å². The van der Waals surface area contributed by atoms with Crippen molar-refractivity contribution in [1.29, 1.82) is 0 Å². The Morgan fingerprint density at radius 3 is 2.86 bits per heavy atom. The molecule has 1 aliphatic carbocycles. The van der Waals surface area contributed by atoms with Crippen molar-refractivity contribution in [2.45, 2.75) is 51.1 Å². The molecule has 3 rings (SSSR count). The van der Waals surface area contributed by atoms with Crippen molar-refractivity contribution in [3.05, 3.63) is 24.2 Å². The summed E-state index contributed by atoms with van der Waals surface area (Å²) in [6, 6.07) is 3.29. The molecular formula is C16H22N2O3. The molecule has 2 fully saturated rings. The average molecular weight is 290 g/mol. The number of hydrogen-bond donors (Lipinski definition) is 1. The Morgan fingerprint density at radius 2 is 2.14 bits per heavy atom. The first-order valence-electron chi connectivity index (χ1n) is 7.83. The smallest absolute Gasteiger partial charge is 0.242 e. The minimum atomic E-state index is -0.344. The van der Waals surface area contributed by atoms with Crippen LogP contribution in [-0.2, 0) is 16.1 Å². The van der Waals surface area contributed by atoms with Crippen molar-refractivity contribution in [2.24, 2.45) is 5.92 Å². The summed E-state index contributed by atoms with van der Waals surface area (Å²) in [5, 5.41) is 3.03. The van der Waals surface area contributed by atoms with E-state index in [2.05, 4.69) is 5.32 Å². The second-order valence-corrected chi connectivity index (χ2v) is 6.05. The zero-order valence-electron chi connectivity index (χ0n) is 12.2. The highest BCUT2D eigenvalue weighted by atomic mass is 16.3. The van der Waals surface area contributed by atoms with E-state index in [0.717, 1.165) is 12.3 Å². The molecule has 1 atom stereocenters. The molecule has 2 aliphatic rings. The largest absolute Gasteiger partial charge is 0.467 e. The summed E-state index contributed by atoms with van der Waals surface area (Å²) < 4.78 is 5.29. The molecule has 0 bridgehead atoms. The molecule has 0 spiro atoms. The highest BCUT2D eigenvalue weighted by Crippen LogP contribution is 2.25. The van der Waals surface area contributed by atoms with Crippen molar-refractivity contribution in [1.82, 2.24) is 10.2 Å². The van der Waals surface area contributed by atoms with Crippen molar-refractivity contribution in [3.63, 3.8) is 0 Å². The number of furan rings is 1. The number of nitrogens with zero attached hydrogens (tertiary/aromatic N) is 1. The summed E-state index contributed by atoms with van der Waals surface area (Å²) in [5.41, 5.74) is 0. The molecule has 1 aromatic heterocycles. The first-order valence-corrected chi connectivity index (χ1v) is 7.83. The summed E-state index contributed by atoms with van der Waals surface area (Å²) in [4.78, 5) is 26.0. The Bertz CT molecular complexity index is 492. The first-order chi connectivity index (χ1) is 10.2. The van der Waals surface area contributed by atoms with Crippen molar-refractivity contribution in [2.75, 3.05) is 6.54 Å². The minimum Gasteiger partial charge on any atom is -0.467 e. The quantitative estimate of drug-likeness (QED) is 0.903. The van der Waals surface area contributed by atoms with Crippen LogP contribution in [0.5, 0.6) is 0 Å². The molecule has 5 heteroatoms. The lowest BCUT2D eigenvalue weighted by Gasteiger charge is -2.23. The van der Waals surface area contributed by atoms with Crippen LogP contribution in [0, 0.1) is 5.92 Å². The Balaban J connectivity index is 1.56. The molecule has 1 aliphatic heterocycles. The van der Waals surface area contributed by atoms with Gasteiger partial charge in [-0.1, -0.05) is 12.8 Å². The van der Waals surface area contributed by atoms with E-state index < -0.39 is 0 Å². The maximum atomic E-state index is 12.4. The van der Waals surface area contributed by atoms with E-state index in [1.54, 1.807) is 17.2 Å². The fraction of sp³-hybridized carbons (Fsp3) is 0.625. The van der Waals surface area contributed by atoms with Gasteiger partial charge in [-0.25, -0.2) is 0 Å². The fourth-order valence-corrected chi connectivity index (χ4v) is 3.35. The van der Waals surface area contributed by atoms with Gasteiger partial charge in [0, 0.05) is 13.0 Å². The summed E-state index contributed by atoms with van der Waals surface area (Å²) in [5.74, 6) is 1.36. The average Bonchev–Trinajstić information content (AvgIpc) is 3.21. The lowest BCUT2D eigenvalue weighted by atomic mass is 10.1. The Hall–Kier alpha value is -1.78. The predicted molar refractivity (Wildman–Crippen MR) is 77.2 cm³/mol. The molecule has 2 heterocycles. The molecule has 5 nitrogen and oxygen atoms in total. The van der Waals surface area contributed by atoms with Gasteiger partial charge in [0.25, 0.3) is 0 Å². The van der Waals surface area contributed by atoms with Crippen LogP contribution in [0.2, 0.25) is 0 Å². The topological polar surface area (TPSA) is 62.6 Å². The maximum Gasteiger partial charge on any atom is 0.242 e. The molecule has 1 aromatic rings. The van der Waals surface area contributed by atoms with E-state index in [9.17, 15) is 9.59 Å². The molecular weight excluding hydrogens is 268 g/mol. The second kappa shape index (κ2) is 6.33. The number of nitrogens with one attached hydrogen (secondary N) is 1. The Morgan fingerprint density at radius 1 is 1.33 bits per heavy atom. The number of amides is 2. The zero-order chi connectivity index (χ0) is 14.7. The lowest BCUT2D eigenvalue weighted by Crippen LogP contribution is -2.45. The summed E-state index contributed by atoms with van der Waals surface area (Å²) in [6.07, 6.45) is 7.60. The molecule has 0 radical (unpaired) electrons. The van der Waals surface area contributed by atoms with Crippen LogP contribution >= 0.6 is 0 Å². The normalized spacial score (nSPS) is 23.0. The molecule has 0 aromatic carbocycles. The van der Waals surface area contributed by atoms with Gasteiger partial charge in [-0.3, -0.25) is 9.59 Å². The number of carbonyl (C=O) groups is 2. The summed E-state index contributed by atoms with van der Waals surface area (Å²) in [7, 11) is 0. The standard InChI is InChI=1S/C16H22N2O3/c19-15-8-7-14(18(15)11-13-6-3-9-21-13)16(20)17-10-12-4-1-2-5-12/h3,6,9,12,14H,1-2,4-5,7-8,10-11H2,(H,17,20)/t14-/m0/s1. The van der Waals surface area contributed by atoms with E-state index in [4.69, 9.17) is 4.42 Å². The van der Waals surface area contributed by atoms with Gasteiger partial charge in [0.1, 0.15) is 11.8 Å².